The Hall–Kier alpha value is -1.03. The molecule has 0 aromatic carbocycles. The smallest absolute Gasteiger partial charge is 0.234 e. The maximum Gasteiger partial charge on any atom is 0.431 e. The first-order chi connectivity index (χ1) is 11.4. The molecule has 0 radical (unpaired) electrons. The predicted molar refractivity (Wildman–Crippen MR) is 72.9 cm³/mol. The maximum atomic E-state index is 13.7. The molecule has 0 aliphatic carbocycles. The van der Waals surface area contributed by atoms with Gasteiger partial charge >= 0.3 is 18.5 Å². The van der Waals surface area contributed by atoms with Gasteiger partial charge in [-0.25, -0.2) is 8.78 Å². The summed E-state index contributed by atoms with van der Waals surface area (Å²) in [6.07, 6.45) is -21.0. The molecule has 0 rings (SSSR count). The van der Waals surface area contributed by atoms with Crippen molar-refractivity contribution >= 4 is 0 Å². The van der Waals surface area contributed by atoms with Crippen LogP contribution in [0.25, 0.3) is 0 Å². The molecule has 0 nitrogen and oxygen atoms in total. The van der Waals surface area contributed by atoms with E-state index < -0.39 is 61.5 Å². The van der Waals surface area contributed by atoms with Gasteiger partial charge in [-0.1, -0.05) is 18.9 Å². The predicted octanol–water partition coefficient (Wildman–Crippen LogP) is 7.25. The van der Waals surface area contributed by atoms with Crippen molar-refractivity contribution in [3.8, 4) is 0 Å². The Balaban J connectivity index is 4.86. The highest BCUT2D eigenvalue weighted by Crippen LogP contribution is 2.49. The Morgan fingerprint density at radius 2 is 1.23 bits per heavy atom. The molecule has 0 aromatic heterocycles. The lowest BCUT2D eigenvalue weighted by molar-refractivity contribution is -0.343. The summed E-state index contributed by atoms with van der Waals surface area (Å²) in [6.45, 7) is 3.56. The molecule has 26 heavy (non-hydrogen) atoms. The number of allylic oxidation sites excluding steroid dienone is 1. The van der Waals surface area contributed by atoms with Crippen molar-refractivity contribution in [2.75, 3.05) is 0 Å². The van der Waals surface area contributed by atoms with Crippen LogP contribution in [0.1, 0.15) is 45.4 Å². The molecule has 0 saturated heterocycles. The average molecular weight is 408 g/mol. The minimum atomic E-state index is -6.17. The quantitative estimate of drug-likeness (QED) is 0.214. The molecule has 0 aromatic rings. The fraction of sp³-hybridized carbons (Fsp3) is 0.867. The van der Waals surface area contributed by atoms with Crippen LogP contribution in [-0.4, -0.2) is 29.9 Å². The van der Waals surface area contributed by atoms with E-state index in [0.717, 1.165) is 0 Å². The highest BCUT2D eigenvalue weighted by atomic mass is 19.4. The van der Waals surface area contributed by atoms with E-state index in [2.05, 4.69) is 6.58 Å². The van der Waals surface area contributed by atoms with Crippen LogP contribution in [0.15, 0.2) is 12.7 Å². The molecule has 0 amide bonds. The number of hydrogen-bond acceptors (Lipinski definition) is 0. The SMILES string of the molecule is C=CCC(CCCCC(F)(C(F)(F)F)C(F)(F)F)CC(C)(F)C(F)(F)F. The summed E-state index contributed by atoms with van der Waals surface area (Å²) in [4.78, 5) is 0. The summed E-state index contributed by atoms with van der Waals surface area (Å²) >= 11 is 0. The van der Waals surface area contributed by atoms with Crippen LogP contribution in [0, 0.1) is 5.92 Å². The topological polar surface area (TPSA) is 0 Å². The van der Waals surface area contributed by atoms with Crippen LogP contribution in [0.3, 0.4) is 0 Å². The Morgan fingerprint density at radius 1 is 0.769 bits per heavy atom. The third-order valence-electron chi connectivity index (χ3n) is 4.05. The van der Waals surface area contributed by atoms with Crippen LogP contribution in [0.2, 0.25) is 0 Å². The van der Waals surface area contributed by atoms with Gasteiger partial charge in [0.2, 0.25) is 5.67 Å². The monoisotopic (exact) mass is 408 g/mol. The van der Waals surface area contributed by atoms with Crippen LogP contribution < -0.4 is 0 Å². The molecule has 0 bridgehead atoms. The van der Waals surface area contributed by atoms with E-state index >= 15 is 0 Å². The molecule has 2 unspecified atom stereocenters. The molecule has 2 atom stereocenters. The van der Waals surface area contributed by atoms with Gasteiger partial charge in [-0.3, -0.25) is 0 Å². The summed E-state index contributed by atoms with van der Waals surface area (Å²) < 4.78 is 139. The Kier molecular flexibility index (Phi) is 8.00. The van der Waals surface area contributed by atoms with Gasteiger partial charge < -0.3 is 0 Å². The number of hydrogen-bond donors (Lipinski definition) is 0. The summed E-state index contributed by atoms with van der Waals surface area (Å²) in [6, 6.07) is 0. The Bertz CT molecular complexity index is 428. The molecule has 0 fully saturated rings. The highest BCUT2D eigenvalue weighted by Gasteiger charge is 2.71. The lowest BCUT2D eigenvalue weighted by Crippen LogP contribution is -2.53. The summed E-state index contributed by atoms with van der Waals surface area (Å²) in [5.74, 6) is -1.00. The van der Waals surface area contributed by atoms with Crippen LogP contribution in [0.4, 0.5) is 48.3 Å². The highest BCUT2D eigenvalue weighted by molar-refractivity contribution is 4.94. The van der Waals surface area contributed by atoms with Gasteiger partial charge in [0.05, 0.1) is 0 Å². The van der Waals surface area contributed by atoms with E-state index in [4.69, 9.17) is 0 Å². The summed E-state index contributed by atoms with van der Waals surface area (Å²) in [7, 11) is 0. The molecule has 0 saturated carbocycles. The third kappa shape index (κ3) is 6.29. The van der Waals surface area contributed by atoms with E-state index in [1.807, 2.05) is 0 Å². The number of halogens is 11. The zero-order chi connectivity index (χ0) is 21.0. The molecular formula is C15H19F11. The first kappa shape index (κ1) is 25.0. The zero-order valence-corrected chi connectivity index (χ0v) is 13.8. The van der Waals surface area contributed by atoms with E-state index in [1.165, 1.54) is 6.08 Å². The fourth-order valence-corrected chi connectivity index (χ4v) is 2.44. The van der Waals surface area contributed by atoms with Crippen molar-refractivity contribution in [2.45, 2.75) is 75.3 Å². The van der Waals surface area contributed by atoms with Gasteiger partial charge in [-0.15, -0.1) is 6.58 Å². The second kappa shape index (κ2) is 8.33. The standard InChI is InChI=1S/C15H19F11/c1-3-6-10(9-11(2,16)13(18,19)20)7-4-5-8-12(17,14(21,22)23)15(24,25)26/h3,10H,1,4-9H2,2H3. The normalized spacial score (nSPS) is 17.7. The van der Waals surface area contributed by atoms with E-state index in [0.29, 0.717) is 6.92 Å². The Labute approximate surface area is 143 Å². The van der Waals surface area contributed by atoms with Crippen molar-refractivity contribution < 1.29 is 48.3 Å². The number of alkyl halides is 11. The molecular weight excluding hydrogens is 389 g/mol. The average Bonchev–Trinajstić information content (AvgIpc) is 2.39. The second-order valence-electron chi connectivity index (χ2n) is 6.33. The van der Waals surface area contributed by atoms with Crippen molar-refractivity contribution in [3.63, 3.8) is 0 Å². The molecule has 0 aliphatic heterocycles. The van der Waals surface area contributed by atoms with Gasteiger partial charge in [-0.05, 0) is 38.5 Å². The minimum absolute atomic E-state index is 0.116. The van der Waals surface area contributed by atoms with Gasteiger partial charge in [0.1, 0.15) is 0 Å². The molecule has 0 aliphatic rings. The van der Waals surface area contributed by atoms with Gasteiger partial charge in [0, 0.05) is 0 Å². The molecule has 0 spiro atoms. The first-order valence-corrected chi connectivity index (χ1v) is 7.58. The maximum absolute atomic E-state index is 13.7. The summed E-state index contributed by atoms with van der Waals surface area (Å²) in [5.41, 5.74) is -8.96. The first-order valence-electron chi connectivity index (χ1n) is 7.58. The second-order valence-corrected chi connectivity index (χ2v) is 6.33. The van der Waals surface area contributed by atoms with E-state index in [-0.39, 0.29) is 12.8 Å². The van der Waals surface area contributed by atoms with Crippen molar-refractivity contribution in [2.24, 2.45) is 5.92 Å². The van der Waals surface area contributed by atoms with Crippen LogP contribution in [-0.2, 0) is 0 Å². The lowest BCUT2D eigenvalue weighted by atomic mass is 9.86. The van der Waals surface area contributed by atoms with E-state index in [1.54, 1.807) is 0 Å². The lowest BCUT2D eigenvalue weighted by Gasteiger charge is -2.30. The van der Waals surface area contributed by atoms with Crippen molar-refractivity contribution in [1.82, 2.24) is 0 Å². The largest absolute Gasteiger partial charge is 0.431 e. The van der Waals surface area contributed by atoms with Gasteiger partial charge in [0.15, 0.2) is 0 Å². The van der Waals surface area contributed by atoms with Crippen LogP contribution in [0.5, 0.6) is 0 Å². The third-order valence-corrected chi connectivity index (χ3v) is 4.05. The van der Waals surface area contributed by atoms with Crippen molar-refractivity contribution in [1.29, 1.82) is 0 Å². The number of unbranched alkanes of at least 4 members (excludes halogenated alkanes) is 1. The molecule has 11 heteroatoms. The molecule has 156 valence electrons. The minimum Gasteiger partial charge on any atom is -0.234 e. The fourth-order valence-electron chi connectivity index (χ4n) is 2.44. The summed E-state index contributed by atoms with van der Waals surface area (Å²) in [5, 5.41) is 0. The van der Waals surface area contributed by atoms with Gasteiger partial charge in [-0.2, -0.15) is 39.5 Å². The van der Waals surface area contributed by atoms with E-state index in [9.17, 15) is 48.3 Å². The van der Waals surface area contributed by atoms with Crippen molar-refractivity contribution in [3.05, 3.63) is 12.7 Å². The van der Waals surface area contributed by atoms with Gasteiger partial charge in [0.25, 0.3) is 5.67 Å². The molecule has 0 heterocycles. The van der Waals surface area contributed by atoms with Crippen LogP contribution >= 0.6 is 0 Å². The zero-order valence-electron chi connectivity index (χ0n) is 13.8. The number of rotatable bonds is 9. The Morgan fingerprint density at radius 3 is 1.58 bits per heavy atom. The molecule has 0 N–H and O–H groups in total.